The molecule has 0 radical (unpaired) electrons. The van der Waals surface area contributed by atoms with Crippen LogP contribution in [0.1, 0.15) is 23.6 Å². The molecule has 2 amide bonds. The highest BCUT2D eigenvalue weighted by atomic mass is 19.4. The Labute approximate surface area is 216 Å². The number of dihydropyridines is 1. The Bertz CT molecular complexity index is 1230. The second-order valence-corrected chi connectivity index (χ2v) is 8.68. The molecular weight excluding hydrogens is 508 g/mol. The molecule has 2 aromatic rings. The van der Waals surface area contributed by atoms with E-state index in [9.17, 15) is 27.5 Å². The van der Waals surface area contributed by atoms with Crippen LogP contribution < -0.4 is 16.0 Å². The number of urea groups is 1. The highest BCUT2D eigenvalue weighted by Gasteiger charge is 2.34. The second-order valence-electron chi connectivity index (χ2n) is 8.68. The number of aliphatic hydroxyl groups is 1. The lowest BCUT2D eigenvalue weighted by Gasteiger charge is -2.27. The normalized spacial score (nSPS) is 18.2. The summed E-state index contributed by atoms with van der Waals surface area (Å²) in [7, 11) is 0. The molecule has 0 saturated carbocycles. The van der Waals surface area contributed by atoms with Crippen LogP contribution in [0.25, 0.3) is 5.57 Å². The van der Waals surface area contributed by atoms with Crippen LogP contribution in [-0.2, 0) is 22.2 Å². The summed E-state index contributed by atoms with van der Waals surface area (Å²) in [6.45, 7) is 4.19. The zero-order valence-corrected chi connectivity index (χ0v) is 20.6. The van der Waals surface area contributed by atoms with Crippen LogP contribution in [0.4, 0.5) is 33.7 Å². The summed E-state index contributed by atoms with van der Waals surface area (Å²) in [6.07, 6.45) is -2.56. The fraction of sp³-hybridized carbons (Fsp3) is 0.346. The number of nitrogens with one attached hydrogen (secondary N) is 3. The van der Waals surface area contributed by atoms with Crippen LogP contribution in [0.5, 0.6) is 0 Å². The van der Waals surface area contributed by atoms with Crippen molar-refractivity contribution in [1.29, 1.82) is 0 Å². The predicted molar refractivity (Wildman–Crippen MR) is 133 cm³/mol. The van der Waals surface area contributed by atoms with Crippen LogP contribution in [-0.4, -0.2) is 55.2 Å². The van der Waals surface area contributed by atoms with Crippen LogP contribution in [0.3, 0.4) is 0 Å². The van der Waals surface area contributed by atoms with Gasteiger partial charge in [0.25, 0.3) is 0 Å². The average Bonchev–Trinajstić information content (AvgIpc) is 2.87. The van der Waals surface area contributed by atoms with E-state index < -0.39 is 29.8 Å². The average molecular weight is 537 g/mol. The molecule has 38 heavy (non-hydrogen) atoms. The number of alkyl halides is 3. The number of hydrogen-bond acceptors (Lipinski definition) is 6. The third-order valence-electron chi connectivity index (χ3n) is 6.00. The molecule has 2 aromatic carbocycles. The van der Waals surface area contributed by atoms with E-state index in [1.807, 2.05) is 4.90 Å². The van der Waals surface area contributed by atoms with Gasteiger partial charge in [-0.2, -0.15) is 13.2 Å². The lowest BCUT2D eigenvalue weighted by atomic mass is 10.0. The third kappa shape index (κ3) is 6.82. The quantitative estimate of drug-likeness (QED) is 0.390. The zero-order valence-electron chi connectivity index (χ0n) is 20.6. The summed E-state index contributed by atoms with van der Waals surface area (Å²) in [6, 6.07) is 6.74. The van der Waals surface area contributed by atoms with Gasteiger partial charge in [0, 0.05) is 37.1 Å². The number of anilines is 2. The fourth-order valence-electron chi connectivity index (χ4n) is 4.12. The molecule has 8 nitrogen and oxygen atoms in total. The number of ether oxygens (including phenoxy) is 2. The first kappa shape index (κ1) is 27.4. The Kier molecular flexibility index (Phi) is 8.55. The smallest absolute Gasteiger partial charge is 0.416 e. The zero-order chi connectivity index (χ0) is 27.3. The van der Waals surface area contributed by atoms with Crippen LogP contribution in [0.15, 0.2) is 54.4 Å². The van der Waals surface area contributed by atoms with Crippen molar-refractivity contribution >= 4 is 23.0 Å². The van der Waals surface area contributed by atoms with E-state index in [2.05, 4.69) is 16.0 Å². The number of morpholine rings is 1. The molecule has 4 N–H and O–H groups in total. The van der Waals surface area contributed by atoms with Crippen LogP contribution in [0.2, 0.25) is 0 Å². The summed E-state index contributed by atoms with van der Waals surface area (Å²) in [5.41, 5.74) is -0.00195. The molecule has 1 atom stereocenters. The molecule has 12 heteroatoms. The molecule has 1 unspecified atom stereocenters. The van der Waals surface area contributed by atoms with Crippen LogP contribution >= 0.6 is 0 Å². The first-order valence-corrected chi connectivity index (χ1v) is 12.0. The number of halogens is 4. The number of rotatable bonds is 7. The van der Waals surface area contributed by atoms with Gasteiger partial charge >= 0.3 is 12.2 Å². The number of hydrogen-bond donors (Lipinski definition) is 4. The van der Waals surface area contributed by atoms with Gasteiger partial charge in [0.05, 0.1) is 31.1 Å². The number of carbonyl (C=O) groups excluding carboxylic acids is 1. The molecule has 204 valence electrons. The molecule has 0 bridgehead atoms. The summed E-state index contributed by atoms with van der Waals surface area (Å²) in [4.78, 5) is 14.3. The van der Waals surface area contributed by atoms with E-state index in [0.29, 0.717) is 44.0 Å². The van der Waals surface area contributed by atoms with Gasteiger partial charge in [-0.3, -0.25) is 4.90 Å². The second kappa shape index (κ2) is 11.8. The minimum atomic E-state index is -4.62. The maximum absolute atomic E-state index is 14.8. The summed E-state index contributed by atoms with van der Waals surface area (Å²) in [5, 5.41) is 17.3. The monoisotopic (exact) mass is 536 g/mol. The molecule has 0 spiro atoms. The van der Waals surface area contributed by atoms with Gasteiger partial charge in [0.15, 0.2) is 6.23 Å². The predicted octanol–water partition coefficient (Wildman–Crippen LogP) is 4.50. The van der Waals surface area contributed by atoms with Crippen molar-refractivity contribution in [2.75, 3.05) is 43.5 Å². The number of benzene rings is 2. The lowest BCUT2D eigenvalue weighted by molar-refractivity contribution is -0.138. The van der Waals surface area contributed by atoms with Gasteiger partial charge in [-0.15, -0.1) is 0 Å². The van der Waals surface area contributed by atoms with Crippen molar-refractivity contribution < 1.29 is 36.9 Å². The van der Waals surface area contributed by atoms with E-state index in [-0.39, 0.29) is 29.2 Å². The Hall–Kier alpha value is -3.61. The van der Waals surface area contributed by atoms with E-state index in [1.165, 1.54) is 30.5 Å². The molecule has 2 aliphatic rings. The Morgan fingerprint density at radius 3 is 2.63 bits per heavy atom. The largest absolute Gasteiger partial charge is 0.493 e. The molecule has 1 saturated heterocycles. The SMILES string of the molecule is CCOC1=CC(c2ccc(NC(=O)Nc3ccc(CN4CCOCC4)c(C(F)(F)F)c3)c(F)c2)=CNC1O. The van der Waals surface area contributed by atoms with Gasteiger partial charge in [0.2, 0.25) is 0 Å². The van der Waals surface area contributed by atoms with E-state index in [1.54, 1.807) is 19.1 Å². The third-order valence-corrected chi connectivity index (χ3v) is 6.00. The Morgan fingerprint density at radius 1 is 1.18 bits per heavy atom. The number of amides is 2. The first-order chi connectivity index (χ1) is 18.1. The highest BCUT2D eigenvalue weighted by molar-refractivity contribution is 6.00. The number of nitrogens with zero attached hydrogens (tertiary/aromatic N) is 1. The summed E-state index contributed by atoms with van der Waals surface area (Å²) in [5.74, 6) is -0.478. The molecule has 0 aliphatic carbocycles. The minimum absolute atomic E-state index is 0.0804. The van der Waals surface area contributed by atoms with Crippen LogP contribution in [0, 0.1) is 5.82 Å². The van der Waals surface area contributed by atoms with Gasteiger partial charge in [-0.1, -0.05) is 12.1 Å². The molecule has 2 heterocycles. The van der Waals surface area contributed by atoms with Gasteiger partial charge in [-0.05, 0) is 48.4 Å². The van der Waals surface area contributed by atoms with Crippen molar-refractivity contribution in [2.45, 2.75) is 25.9 Å². The summed E-state index contributed by atoms with van der Waals surface area (Å²) < 4.78 is 66.6. The maximum atomic E-state index is 14.8. The molecule has 4 rings (SSSR count). The van der Waals surface area contributed by atoms with Gasteiger partial charge < -0.3 is 30.5 Å². The Morgan fingerprint density at radius 2 is 1.95 bits per heavy atom. The standard InChI is InChI=1S/C26H28F4N4O4/c1-2-38-23-12-18(14-31-24(23)35)16-4-6-22(21(27)11-16)33-25(36)32-19-5-3-17(20(13-19)26(28,29)30)15-34-7-9-37-10-8-34/h3-6,11-14,24,31,35H,2,7-10,15H2,1H3,(H2,32,33,36). The molecule has 0 aromatic heterocycles. The molecule has 1 fully saturated rings. The highest BCUT2D eigenvalue weighted by Crippen LogP contribution is 2.35. The Balaban J connectivity index is 1.44. The lowest BCUT2D eigenvalue weighted by Crippen LogP contribution is -2.36. The van der Waals surface area contributed by atoms with Crippen molar-refractivity contribution in [2.24, 2.45) is 0 Å². The van der Waals surface area contributed by atoms with Crippen molar-refractivity contribution in [3.05, 3.63) is 76.9 Å². The van der Waals surface area contributed by atoms with Crippen molar-refractivity contribution in [3.63, 3.8) is 0 Å². The van der Waals surface area contributed by atoms with E-state index >= 15 is 0 Å². The van der Waals surface area contributed by atoms with Crippen molar-refractivity contribution in [3.8, 4) is 0 Å². The van der Waals surface area contributed by atoms with E-state index in [0.717, 1.165) is 6.07 Å². The van der Waals surface area contributed by atoms with Crippen molar-refractivity contribution in [1.82, 2.24) is 10.2 Å². The fourth-order valence-corrected chi connectivity index (χ4v) is 4.12. The van der Waals surface area contributed by atoms with Gasteiger partial charge in [-0.25, -0.2) is 9.18 Å². The number of carbonyl (C=O) groups is 1. The first-order valence-electron chi connectivity index (χ1n) is 12.0. The number of allylic oxidation sites excluding steroid dienone is 2. The minimum Gasteiger partial charge on any atom is -0.493 e. The van der Waals surface area contributed by atoms with Gasteiger partial charge in [0.1, 0.15) is 11.6 Å². The van der Waals surface area contributed by atoms with E-state index in [4.69, 9.17) is 9.47 Å². The molecular formula is C26H28F4N4O4. The maximum Gasteiger partial charge on any atom is 0.416 e. The molecule has 2 aliphatic heterocycles. The number of aliphatic hydroxyl groups excluding tert-OH is 1. The topological polar surface area (TPSA) is 95.1 Å². The summed E-state index contributed by atoms with van der Waals surface area (Å²) >= 11 is 0.